The number of para-hydroxylation sites is 1. The average molecular weight is 420 g/mol. The molecular formula is C23H25N5OS. The molecule has 0 spiro atoms. The van der Waals surface area contributed by atoms with E-state index in [0.29, 0.717) is 18.2 Å². The molecule has 1 fully saturated rings. The molecule has 1 N–H and O–H groups in total. The molecule has 2 heterocycles. The number of imidazole rings is 1. The van der Waals surface area contributed by atoms with Gasteiger partial charge in [-0.25, -0.2) is 14.6 Å². The summed E-state index contributed by atoms with van der Waals surface area (Å²) >= 11 is 1.51. The van der Waals surface area contributed by atoms with Crippen molar-refractivity contribution in [3.05, 3.63) is 65.7 Å². The van der Waals surface area contributed by atoms with Gasteiger partial charge in [0.1, 0.15) is 5.82 Å². The van der Waals surface area contributed by atoms with Crippen LogP contribution in [-0.4, -0.2) is 41.3 Å². The normalized spacial score (nSPS) is 15.0. The summed E-state index contributed by atoms with van der Waals surface area (Å²) < 4.78 is 3.99. The van der Waals surface area contributed by atoms with Crippen LogP contribution in [0.25, 0.3) is 16.7 Å². The van der Waals surface area contributed by atoms with Crippen LogP contribution in [0, 0.1) is 13.8 Å². The van der Waals surface area contributed by atoms with Crippen LogP contribution in [0.3, 0.4) is 0 Å². The summed E-state index contributed by atoms with van der Waals surface area (Å²) in [5.41, 5.74) is 5.53. The summed E-state index contributed by atoms with van der Waals surface area (Å²) in [4.78, 5) is 9.26. The number of benzene rings is 2. The van der Waals surface area contributed by atoms with Gasteiger partial charge in [-0.05, 0) is 62.1 Å². The predicted octanol–water partition coefficient (Wildman–Crippen LogP) is 4.26. The Morgan fingerprint density at radius 2 is 1.90 bits per heavy atom. The van der Waals surface area contributed by atoms with Crippen LogP contribution in [0.15, 0.2) is 53.9 Å². The van der Waals surface area contributed by atoms with E-state index in [9.17, 15) is 5.11 Å². The zero-order chi connectivity index (χ0) is 20.7. The van der Waals surface area contributed by atoms with Gasteiger partial charge < -0.3 is 9.67 Å². The minimum atomic E-state index is -0.512. The van der Waals surface area contributed by atoms with E-state index in [1.165, 1.54) is 35.7 Å². The molecule has 4 aromatic rings. The van der Waals surface area contributed by atoms with Crippen molar-refractivity contribution in [2.45, 2.75) is 50.4 Å². The second-order valence-corrected chi connectivity index (χ2v) is 9.05. The van der Waals surface area contributed by atoms with Gasteiger partial charge in [0.15, 0.2) is 0 Å². The van der Waals surface area contributed by atoms with Crippen LogP contribution in [-0.2, 0) is 6.54 Å². The molecule has 7 heteroatoms. The first-order valence-corrected chi connectivity index (χ1v) is 11.3. The number of aromatic nitrogens is 5. The first-order valence-electron chi connectivity index (χ1n) is 10.3. The highest BCUT2D eigenvalue weighted by atomic mass is 32.2. The molecule has 0 bridgehead atoms. The van der Waals surface area contributed by atoms with Crippen molar-refractivity contribution in [3.8, 4) is 5.69 Å². The number of rotatable bonds is 7. The third-order valence-corrected chi connectivity index (χ3v) is 6.59. The molecule has 0 amide bonds. The fraction of sp³-hybridized carbons (Fsp3) is 0.348. The van der Waals surface area contributed by atoms with Gasteiger partial charge in [-0.1, -0.05) is 30.0 Å². The third kappa shape index (κ3) is 3.87. The van der Waals surface area contributed by atoms with E-state index in [0.717, 1.165) is 27.7 Å². The quantitative estimate of drug-likeness (QED) is 0.453. The number of hydrogen-bond donors (Lipinski definition) is 1. The Balaban J connectivity index is 1.29. The Hall–Kier alpha value is -2.64. The van der Waals surface area contributed by atoms with Gasteiger partial charge in [-0.3, -0.25) is 0 Å². The van der Waals surface area contributed by atoms with Gasteiger partial charge in [0.05, 0.1) is 35.7 Å². The molecule has 0 aliphatic heterocycles. The van der Waals surface area contributed by atoms with Crippen molar-refractivity contribution in [2.75, 3.05) is 5.75 Å². The lowest BCUT2D eigenvalue weighted by molar-refractivity contribution is 0.179. The van der Waals surface area contributed by atoms with E-state index in [4.69, 9.17) is 10.1 Å². The van der Waals surface area contributed by atoms with E-state index >= 15 is 0 Å². The molecule has 1 aliphatic rings. The molecule has 2 aromatic heterocycles. The van der Waals surface area contributed by atoms with Crippen LogP contribution in [0.1, 0.15) is 35.7 Å². The van der Waals surface area contributed by atoms with Crippen LogP contribution in [0.2, 0.25) is 0 Å². The van der Waals surface area contributed by atoms with Gasteiger partial charge in [-0.2, -0.15) is 0 Å². The number of fused-ring (bicyclic) bond motifs is 1. The number of thioether (sulfide) groups is 1. The van der Waals surface area contributed by atoms with Crippen molar-refractivity contribution in [2.24, 2.45) is 0 Å². The summed E-state index contributed by atoms with van der Waals surface area (Å²) in [6.45, 7) is 4.70. The van der Waals surface area contributed by atoms with Crippen LogP contribution >= 0.6 is 11.8 Å². The summed E-state index contributed by atoms with van der Waals surface area (Å²) in [7, 11) is 0. The van der Waals surface area contributed by atoms with E-state index < -0.39 is 6.10 Å². The molecule has 5 rings (SSSR count). The second kappa shape index (κ2) is 7.89. The van der Waals surface area contributed by atoms with Gasteiger partial charge in [0.25, 0.3) is 0 Å². The van der Waals surface area contributed by atoms with Crippen molar-refractivity contribution < 1.29 is 5.11 Å². The number of aryl methyl sites for hydroxylation is 2. The number of aliphatic hydroxyl groups excluding tert-OH is 1. The predicted molar refractivity (Wildman–Crippen MR) is 119 cm³/mol. The standard InChI is InChI=1S/C23H25N5OS/c1-15-10-20-21(11-16(15)2)27(14-24-20)12-19(29)13-30-23-25-22(17-8-9-17)28(26-23)18-6-4-3-5-7-18/h3-7,10-11,14,17,19,29H,8-9,12-13H2,1-2H3. The van der Waals surface area contributed by atoms with Gasteiger partial charge >= 0.3 is 0 Å². The molecular weight excluding hydrogens is 394 g/mol. The maximum atomic E-state index is 10.6. The number of aliphatic hydroxyl groups is 1. The first-order chi connectivity index (χ1) is 14.6. The minimum Gasteiger partial charge on any atom is -0.390 e. The Morgan fingerprint density at radius 1 is 1.13 bits per heavy atom. The molecule has 0 saturated heterocycles. The molecule has 154 valence electrons. The zero-order valence-corrected chi connectivity index (χ0v) is 18.0. The van der Waals surface area contributed by atoms with Gasteiger partial charge in [0, 0.05) is 11.7 Å². The topological polar surface area (TPSA) is 68.8 Å². The van der Waals surface area contributed by atoms with E-state index in [1.54, 1.807) is 0 Å². The first kappa shape index (κ1) is 19.3. The summed E-state index contributed by atoms with van der Waals surface area (Å²) in [6, 6.07) is 14.4. The number of nitrogens with zero attached hydrogens (tertiary/aromatic N) is 5. The monoisotopic (exact) mass is 419 g/mol. The summed E-state index contributed by atoms with van der Waals surface area (Å²) in [6.07, 6.45) is 3.64. The fourth-order valence-corrected chi connectivity index (χ4v) is 4.38. The molecule has 1 atom stereocenters. The lowest BCUT2D eigenvalue weighted by Crippen LogP contribution is -2.18. The van der Waals surface area contributed by atoms with Crippen molar-refractivity contribution in [3.63, 3.8) is 0 Å². The molecule has 6 nitrogen and oxygen atoms in total. The molecule has 1 unspecified atom stereocenters. The molecule has 0 radical (unpaired) electrons. The van der Waals surface area contributed by atoms with E-state index in [-0.39, 0.29) is 0 Å². The Labute approximate surface area is 180 Å². The average Bonchev–Trinajstić information content (AvgIpc) is 3.41. The molecule has 2 aromatic carbocycles. The van der Waals surface area contributed by atoms with Crippen molar-refractivity contribution in [1.29, 1.82) is 0 Å². The van der Waals surface area contributed by atoms with Crippen molar-refractivity contribution in [1.82, 2.24) is 24.3 Å². The SMILES string of the molecule is Cc1cc2ncn(CC(O)CSc3nc(C4CC4)n(-c4ccccc4)n3)c2cc1C. The molecule has 30 heavy (non-hydrogen) atoms. The van der Waals surface area contributed by atoms with Gasteiger partial charge in [-0.15, -0.1) is 5.10 Å². The second-order valence-electron chi connectivity index (χ2n) is 8.06. The lowest BCUT2D eigenvalue weighted by Gasteiger charge is -2.11. The Kier molecular flexibility index (Phi) is 5.08. The van der Waals surface area contributed by atoms with Crippen LogP contribution < -0.4 is 0 Å². The third-order valence-electron chi connectivity index (χ3n) is 5.60. The number of hydrogen-bond acceptors (Lipinski definition) is 5. The highest BCUT2D eigenvalue weighted by Gasteiger charge is 2.30. The maximum Gasteiger partial charge on any atom is 0.209 e. The van der Waals surface area contributed by atoms with Gasteiger partial charge in [0.2, 0.25) is 5.16 Å². The van der Waals surface area contributed by atoms with Crippen LogP contribution in [0.4, 0.5) is 0 Å². The lowest BCUT2D eigenvalue weighted by atomic mass is 10.1. The highest BCUT2D eigenvalue weighted by molar-refractivity contribution is 7.99. The summed E-state index contributed by atoms with van der Waals surface area (Å²) in [5, 5.41) is 16.1. The molecule has 1 saturated carbocycles. The fourth-order valence-electron chi connectivity index (χ4n) is 3.64. The maximum absolute atomic E-state index is 10.6. The van der Waals surface area contributed by atoms with Crippen LogP contribution in [0.5, 0.6) is 0 Å². The highest BCUT2D eigenvalue weighted by Crippen LogP contribution is 2.40. The van der Waals surface area contributed by atoms with E-state index in [2.05, 4.69) is 43.1 Å². The van der Waals surface area contributed by atoms with E-state index in [1.807, 2.05) is 33.8 Å². The molecule has 1 aliphatic carbocycles. The Bertz CT molecular complexity index is 1180. The zero-order valence-electron chi connectivity index (χ0n) is 17.2. The van der Waals surface area contributed by atoms with Crippen molar-refractivity contribution >= 4 is 22.8 Å². The minimum absolute atomic E-state index is 0.501. The Morgan fingerprint density at radius 3 is 2.67 bits per heavy atom. The smallest absolute Gasteiger partial charge is 0.209 e. The largest absolute Gasteiger partial charge is 0.390 e. The summed E-state index contributed by atoms with van der Waals surface area (Å²) in [5.74, 6) is 2.07.